The number of amides is 1. The average molecular weight is 267 g/mol. The maximum Gasteiger partial charge on any atom is 0.311 e. The zero-order valence-corrected chi connectivity index (χ0v) is 9.87. The standard InChI is InChI=1S/C12H13NO6/c14-9-2-1-6(3-10(9)15)11(16)13-8-5-19-4-7(8)12(17)18/h1-3,7-8,14-15H,4-5H2,(H,13,16)(H,17,18). The molecule has 1 aliphatic heterocycles. The summed E-state index contributed by atoms with van der Waals surface area (Å²) in [4.78, 5) is 22.8. The summed E-state index contributed by atoms with van der Waals surface area (Å²) in [7, 11) is 0. The number of benzene rings is 1. The Labute approximate surface area is 108 Å². The predicted molar refractivity (Wildman–Crippen MR) is 63.0 cm³/mol. The van der Waals surface area contributed by atoms with Gasteiger partial charge in [0.25, 0.3) is 5.91 Å². The van der Waals surface area contributed by atoms with E-state index in [1.54, 1.807) is 0 Å². The second-order valence-corrected chi connectivity index (χ2v) is 4.27. The molecule has 1 aromatic carbocycles. The number of nitrogens with one attached hydrogen (secondary N) is 1. The van der Waals surface area contributed by atoms with Crippen LogP contribution in [-0.4, -0.2) is 46.5 Å². The molecule has 19 heavy (non-hydrogen) atoms. The van der Waals surface area contributed by atoms with Crippen LogP contribution in [0.2, 0.25) is 0 Å². The smallest absolute Gasteiger partial charge is 0.311 e. The van der Waals surface area contributed by atoms with Crippen LogP contribution in [0.3, 0.4) is 0 Å². The molecule has 1 aliphatic rings. The Balaban J connectivity index is 2.08. The Morgan fingerprint density at radius 1 is 1.21 bits per heavy atom. The highest BCUT2D eigenvalue weighted by molar-refractivity contribution is 5.95. The van der Waals surface area contributed by atoms with Gasteiger partial charge in [-0.15, -0.1) is 0 Å². The largest absolute Gasteiger partial charge is 0.504 e. The highest BCUT2D eigenvalue weighted by Gasteiger charge is 2.35. The zero-order chi connectivity index (χ0) is 14.0. The minimum Gasteiger partial charge on any atom is -0.504 e. The van der Waals surface area contributed by atoms with Crippen LogP contribution in [0.25, 0.3) is 0 Å². The molecular weight excluding hydrogens is 254 g/mol. The van der Waals surface area contributed by atoms with Crippen LogP contribution >= 0.6 is 0 Å². The summed E-state index contributed by atoms with van der Waals surface area (Å²) in [5.74, 6) is -3.09. The minimum atomic E-state index is -1.03. The van der Waals surface area contributed by atoms with Crippen LogP contribution in [0.15, 0.2) is 18.2 Å². The molecular formula is C12H13NO6. The average Bonchev–Trinajstić information content (AvgIpc) is 2.80. The lowest BCUT2D eigenvalue weighted by Gasteiger charge is -2.15. The fraction of sp³-hybridized carbons (Fsp3) is 0.333. The lowest BCUT2D eigenvalue weighted by molar-refractivity contribution is -0.142. The van der Waals surface area contributed by atoms with E-state index in [2.05, 4.69) is 5.32 Å². The van der Waals surface area contributed by atoms with Crippen molar-refractivity contribution in [2.45, 2.75) is 6.04 Å². The Bertz CT molecular complexity index is 515. The van der Waals surface area contributed by atoms with Crippen LogP contribution in [0, 0.1) is 5.92 Å². The van der Waals surface area contributed by atoms with Gasteiger partial charge in [-0.3, -0.25) is 9.59 Å². The normalized spacial score (nSPS) is 22.1. The summed E-state index contributed by atoms with van der Waals surface area (Å²) in [5.41, 5.74) is 0.131. The summed E-state index contributed by atoms with van der Waals surface area (Å²) in [6.07, 6.45) is 0. The third-order valence-electron chi connectivity index (χ3n) is 2.95. The number of rotatable bonds is 3. The van der Waals surface area contributed by atoms with E-state index in [4.69, 9.17) is 14.9 Å². The van der Waals surface area contributed by atoms with Crippen molar-refractivity contribution in [2.75, 3.05) is 13.2 Å². The predicted octanol–water partition coefficient (Wildman–Crippen LogP) is -0.0728. The Kier molecular flexibility index (Phi) is 3.57. The van der Waals surface area contributed by atoms with Crippen molar-refractivity contribution >= 4 is 11.9 Å². The van der Waals surface area contributed by atoms with E-state index in [0.717, 1.165) is 6.07 Å². The minimum absolute atomic E-state index is 0.0567. The highest BCUT2D eigenvalue weighted by Crippen LogP contribution is 2.25. The fourth-order valence-electron chi connectivity index (χ4n) is 1.86. The summed E-state index contributed by atoms with van der Waals surface area (Å²) in [6.45, 7) is 0.188. The fourth-order valence-corrected chi connectivity index (χ4v) is 1.86. The molecule has 2 unspecified atom stereocenters. The summed E-state index contributed by atoms with van der Waals surface area (Å²) < 4.78 is 5.03. The molecule has 1 amide bonds. The van der Waals surface area contributed by atoms with Gasteiger partial charge < -0.3 is 25.4 Å². The SMILES string of the molecule is O=C(NC1COCC1C(=O)O)c1ccc(O)c(O)c1. The van der Waals surface area contributed by atoms with Gasteiger partial charge in [-0.05, 0) is 18.2 Å². The molecule has 1 heterocycles. The van der Waals surface area contributed by atoms with Crippen LogP contribution in [-0.2, 0) is 9.53 Å². The number of phenols is 2. The van der Waals surface area contributed by atoms with E-state index in [1.165, 1.54) is 12.1 Å². The van der Waals surface area contributed by atoms with Gasteiger partial charge in [-0.1, -0.05) is 0 Å². The second kappa shape index (κ2) is 5.15. The maximum absolute atomic E-state index is 11.9. The first-order valence-corrected chi connectivity index (χ1v) is 5.62. The number of ether oxygens (including phenoxy) is 1. The number of carboxylic acids is 1. The molecule has 7 nitrogen and oxygen atoms in total. The van der Waals surface area contributed by atoms with E-state index in [1.807, 2.05) is 0 Å². The number of aliphatic carboxylic acids is 1. The Morgan fingerprint density at radius 3 is 2.58 bits per heavy atom. The van der Waals surface area contributed by atoms with Crippen molar-refractivity contribution in [1.82, 2.24) is 5.32 Å². The molecule has 1 fully saturated rings. The summed E-state index contributed by atoms with van der Waals surface area (Å²) in [6, 6.07) is 3.01. The molecule has 0 saturated carbocycles. The summed E-state index contributed by atoms with van der Waals surface area (Å²) in [5, 5.41) is 29.9. The molecule has 1 aromatic rings. The van der Waals surface area contributed by atoms with Crippen molar-refractivity contribution in [1.29, 1.82) is 0 Å². The molecule has 7 heteroatoms. The molecule has 102 valence electrons. The van der Waals surface area contributed by atoms with Gasteiger partial charge in [0.05, 0.1) is 19.3 Å². The molecule has 0 radical (unpaired) electrons. The lowest BCUT2D eigenvalue weighted by Crippen LogP contribution is -2.42. The van der Waals surface area contributed by atoms with Gasteiger partial charge in [-0.25, -0.2) is 0 Å². The topological polar surface area (TPSA) is 116 Å². The quantitative estimate of drug-likeness (QED) is 0.569. The van der Waals surface area contributed by atoms with Gasteiger partial charge >= 0.3 is 5.97 Å². The summed E-state index contributed by atoms with van der Waals surface area (Å²) >= 11 is 0. The van der Waals surface area contributed by atoms with Crippen molar-refractivity contribution in [3.8, 4) is 11.5 Å². The first kappa shape index (κ1) is 13.2. The van der Waals surface area contributed by atoms with Crippen molar-refractivity contribution in [3.63, 3.8) is 0 Å². The third-order valence-corrected chi connectivity index (χ3v) is 2.95. The molecule has 1 saturated heterocycles. The Hall–Kier alpha value is -2.28. The first-order valence-electron chi connectivity index (χ1n) is 5.62. The molecule has 4 N–H and O–H groups in total. The number of carbonyl (C=O) groups excluding carboxylic acids is 1. The van der Waals surface area contributed by atoms with E-state index >= 15 is 0 Å². The maximum atomic E-state index is 11.9. The molecule has 0 bridgehead atoms. The van der Waals surface area contributed by atoms with Crippen LogP contribution in [0.1, 0.15) is 10.4 Å². The van der Waals surface area contributed by atoms with Gasteiger partial charge in [0.2, 0.25) is 0 Å². The second-order valence-electron chi connectivity index (χ2n) is 4.27. The van der Waals surface area contributed by atoms with E-state index in [9.17, 15) is 14.7 Å². The van der Waals surface area contributed by atoms with E-state index in [-0.39, 0.29) is 24.5 Å². The monoisotopic (exact) mass is 267 g/mol. The van der Waals surface area contributed by atoms with Gasteiger partial charge in [0.1, 0.15) is 5.92 Å². The van der Waals surface area contributed by atoms with Gasteiger partial charge in [0.15, 0.2) is 11.5 Å². The zero-order valence-electron chi connectivity index (χ0n) is 9.87. The number of hydrogen-bond acceptors (Lipinski definition) is 5. The first-order chi connectivity index (χ1) is 8.99. The molecule has 0 aromatic heterocycles. The molecule has 2 rings (SSSR count). The third kappa shape index (κ3) is 2.76. The Morgan fingerprint density at radius 2 is 1.95 bits per heavy atom. The number of aromatic hydroxyl groups is 2. The van der Waals surface area contributed by atoms with Gasteiger partial charge in [0, 0.05) is 5.56 Å². The van der Waals surface area contributed by atoms with E-state index < -0.39 is 29.6 Å². The van der Waals surface area contributed by atoms with Crippen molar-refractivity contribution in [2.24, 2.45) is 5.92 Å². The number of hydrogen-bond donors (Lipinski definition) is 4. The van der Waals surface area contributed by atoms with Gasteiger partial charge in [-0.2, -0.15) is 0 Å². The van der Waals surface area contributed by atoms with E-state index in [0.29, 0.717) is 0 Å². The molecule has 0 spiro atoms. The van der Waals surface area contributed by atoms with Crippen molar-refractivity contribution in [3.05, 3.63) is 23.8 Å². The van der Waals surface area contributed by atoms with Crippen LogP contribution in [0.5, 0.6) is 11.5 Å². The number of phenolic OH excluding ortho intramolecular Hbond substituents is 2. The van der Waals surface area contributed by atoms with Crippen LogP contribution < -0.4 is 5.32 Å². The van der Waals surface area contributed by atoms with Crippen molar-refractivity contribution < 1.29 is 29.6 Å². The number of carbonyl (C=O) groups is 2. The lowest BCUT2D eigenvalue weighted by atomic mass is 10.0. The molecule has 0 aliphatic carbocycles. The van der Waals surface area contributed by atoms with Crippen LogP contribution in [0.4, 0.5) is 0 Å². The number of carboxylic acid groups (broad SMARTS) is 1. The molecule has 2 atom stereocenters. The highest BCUT2D eigenvalue weighted by atomic mass is 16.5.